The summed E-state index contributed by atoms with van der Waals surface area (Å²) in [5.41, 5.74) is -0.400. The van der Waals surface area contributed by atoms with Crippen molar-refractivity contribution in [3.05, 3.63) is 23.2 Å². The Bertz CT molecular complexity index is 432. The Morgan fingerprint density at radius 1 is 1.50 bits per heavy atom. The summed E-state index contributed by atoms with van der Waals surface area (Å²) in [5.74, 6) is 0.0299. The lowest BCUT2D eigenvalue weighted by molar-refractivity contribution is 0.0470. The minimum atomic E-state index is -0.975. The first-order chi connectivity index (χ1) is 8.50. The lowest BCUT2D eigenvalue weighted by Crippen LogP contribution is -2.37. The lowest BCUT2D eigenvalue weighted by atomic mass is 10.0. The van der Waals surface area contributed by atoms with Crippen molar-refractivity contribution in [3.8, 4) is 0 Å². The van der Waals surface area contributed by atoms with E-state index >= 15 is 0 Å². The Morgan fingerprint density at radius 3 is 2.72 bits per heavy atom. The van der Waals surface area contributed by atoms with E-state index in [1.165, 1.54) is 6.07 Å². The maximum absolute atomic E-state index is 10.8. The molecule has 1 aliphatic carbocycles. The van der Waals surface area contributed by atoms with Crippen LogP contribution in [0.1, 0.15) is 47.6 Å². The van der Waals surface area contributed by atoms with Crippen molar-refractivity contribution in [1.29, 1.82) is 0 Å². The van der Waals surface area contributed by atoms with E-state index in [0.29, 0.717) is 24.6 Å². The molecule has 0 radical (unpaired) electrons. The molecule has 1 heterocycles. The summed E-state index contributed by atoms with van der Waals surface area (Å²) in [6.07, 6.45) is 3.80. The van der Waals surface area contributed by atoms with Crippen LogP contribution in [0.3, 0.4) is 0 Å². The largest absolute Gasteiger partial charge is 0.478 e. The van der Waals surface area contributed by atoms with Crippen LogP contribution < -0.4 is 5.32 Å². The number of hydrogen-bond acceptors (Lipinski definition) is 4. The van der Waals surface area contributed by atoms with Crippen molar-refractivity contribution in [2.45, 2.75) is 44.8 Å². The summed E-state index contributed by atoms with van der Waals surface area (Å²) in [5, 5.41) is 22.2. The van der Waals surface area contributed by atoms with Gasteiger partial charge in [0, 0.05) is 6.54 Å². The standard InChI is InChI=1S/C13H19NO4/c1-9-11(12(15)16)6-10(18-9)7-14-8-13(17)4-2-3-5-13/h6,14,17H,2-5,7-8H2,1H3,(H,15,16). The lowest BCUT2D eigenvalue weighted by Gasteiger charge is -2.22. The highest BCUT2D eigenvalue weighted by Crippen LogP contribution is 2.28. The van der Waals surface area contributed by atoms with Gasteiger partial charge in [-0.1, -0.05) is 12.8 Å². The molecule has 18 heavy (non-hydrogen) atoms. The van der Waals surface area contributed by atoms with Crippen molar-refractivity contribution >= 4 is 5.97 Å². The molecular weight excluding hydrogens is 234 g/mol. The molecule has 0 atom stereocenters. The van der Waals surface area contributed by atoms with Gasteiger partial charge in [0.1, 0.15) is 17.1 Å². The van der Waals surface area contributed by atoms with Crippen LogP contribution >= 0.6 is 0 Å². The quantitative estimate of drug-likeness (QED) is 0.743. The molecule has 1 aliphatic rings. The maximum Gasteiger partial charge on any atom is 0.339 e. The Labute approximate surface area is 106 Å². The van der Waals surface area contributed by atoms with Gasteiger partial charge in [-0.05, 0) is 25.8 Å². The summed E-state index contributed by atoms with van der Waals surface area (Å²) < 4.78 is 5.35. The third kappa shape index (κ3) is 2.91. The van der Waals surface area contributed by atoms with E-state index in [2.05, 4.69) is 5.32 Å². The zero-order valence-corrected chi connectivity index (χ0v) is 10.5. The van der Waals surface area contributed by atoms with E-state index in [1.807, 2.05) is 0 Å². The molecule has 0 aromatic carbocycles. The second kappa shape index (κ2) is 5.12. The molecule has 2 rings (SSSR count). The van der Waals surface area contributed by atoms with Gasteiger partial charge >= 0.3 is 5.97 Å². The summed E-state index contributed by atoms with van der Waals surface area (Å²) >= 11 is 0. The van der Waals surface area contributed by atoms with E-state index in [1.54, 1.807) is 6.92 Å². The third-order valence-electron chi connectivity index (χ3n) is 3.49. The number of rotatable bonds is 5. The van der Waals surface area contributed by atoms with Crippen LogP contribution in [-0.2, 0) is 6.54 Å². The van der Waals surface area contributed by atoms with E-state index in [0.717, 1.165) is 25.7 Å². The van der Waals surface area contributed by atoms with E-state index in [9.17, 15) is 9.90 Å². The molecule has 0 amide bonds. The first kappa shape index (κ1) is 13.1. The monoisotopic (exact) mass is 253 g/mol. The van der Waals surface area contributed by atoms with Gasteiger partial charge in [-0.3, -0.25) is 0 Å². The van der Waals surface area contributed by atoms with Gasteiger partial charge < -0.3 is 19.9 Å². The fourth-order valence-electron chi connectivity index (χ4n) is 2.47. The van der Waals surface area contributed by atoms with Crippen LogP contribution in [0.15, 0.2) is 10.5 Å². The van der Waals surface area contributed by atoms with E-state index < -0.39 is 11.6 Å². The van der Waals surface area contributed by atoms with Crippen LogP contribution in [0.5, 0.6) is 0 Å². The van der Waals surface area contributed by atoms with Gasteiger partial charge in [0.25, 0.3) is 0 Å². The first-order valence-corrected chi connectivity index (χ1v) is 6.26. The smallest absolute Gasteiger partial charge is 0.339 e. The number of carbonyl (C=O) groups is 1. The van der Waals surface area contributed by atoms with Gasteiger partial charge in [0.2, 0.25) is 0 Å². The highest BCUT2D eigenvalue weighted by molar-refractivity contribution is 5.88. The summed E-state index contributed by atoms with van der Waals surface area (Å²) in [7, 11) is 0. The Morgan fingerprint density at radius 2 is 2.17 bits per heavy atom. The molecule has 0 unspecified atom stereocenters. The molecule has 0 aliphatic heterocycles. The molecule has 0 spiro atoms. The van der Waals surface area contributed by atoms with Crippen LogP contribution in [0.4, 0.5) is 0 Å². The normalized spacial score (nSPS) is 18.1. The van der Waals surface area contributed by atoms with Gasteiger partial charge in [0.15, 0.2) is 0 Å². The molecule has 100 valence electrons. The number of carboxylic acids is 1. The van der Waals surface area contributed by atoms with Crippen LogP contribution in [-0.4, -0.2) is 28.3 Å². The second-order valence-electron chi connectivity index (χ2n) is 5.02. The van der Waals surface area contributed by atoms with Crippen molar-refractivity contribution < 1.29 is 19.4 Å². The molecule has 0 saturated heterocycles. The molecule has 1 fully saturated rings. The van der Waals surface area contributed by atoms with Crippen LogP contribution in [0.25, 0.3) is 0 Å². The van der Waals surface area contributed by atoms with E-state index in [-0.39, 0.29) is 5.56 Å². The van der Waals surface area contributed by atoms with Crippen molar-refractivity contribution in [1.82, 2.24) is 5.32 Å². The number of aliphatic hydroxyl groups is 1. The molecule has 5 heteroatoms. The average Bonchev–Trinajstić information content (AvgIpc) is 2.86. The molecule has 5 nitrogen and oxygen atoms in total. The molecule has 1 aromatic rings. The zero-order chi connectivity index (χ0) is 13.2. The number of furan rings is 1. The minimum Gasteiger partial charge on any atom is -0.478 e. The fraction of sp³-hybridized carbons (Fsp3) is 0.615. The highest BCUT2D eigenvalue weighted by atomic mass is 16.4. The van der Waals surface area contributed by atoms with E-state index in [4.69, 9.17) is 9.52 Å². The van der Waals surface area contributed by atoms with Gasteiger partial charge in [-0.15, -0.1) is 0 Å². The second-order valence-corrected chi connectivity index (χ2v) is 5.02. The molecule has 1 aromatic heterocycles. The fourth-order valence-corrected chi connectivity index (χ4v) is 2.47. The van der Waals surface area contributed by atoms with Gasteiger partial charge in [0.05, 0.1) is 12.1 Å². The number of aromatic carboxylic acids is 1. The Kier molecular flexibility index (Phi) is 3.73. The highest BCUT2D eigenvalue weighted by Gasteiger charge is 2.30. The molecule has 0 bridgehead atoms. The summed E-state index contributed by atoms with van der Waals surface area (Å²) in [6.45, 7) is 2.60. The third-order valence-corrected chi connectivity index (χ3v) is 3.49. The molecule has 3 N–H and O–H groups in total. The number of nitrogens with one attached hydrogen (secondary N) is 1. The Balaban J connectivity index is 1.87. The van der Waals surface area contributed by atoms with Crippen molar-refractivity contribution in [2.24, 2.45) is 0 Å². The zero-order valence-electron chi connectivity index (χ0n) is 10.5. The van der Waals surface area contributed by atoms with Crippen LogP contribution in [0, 0.1) is 6.92 Å². The average molecular weight is 253 g/mol. The van der Waals surface area contributed by atoms with Gasteiger partial charge in [-0.25, -0.2) is 4.79 Å². The maximum atomic E-state index is 10.8. The SMILES string of the molecule is Cc1oc(CNCC2(O)CCCC2)cc1C(=O)O. The minimum absolute atomic E-state index is 0.200. The number of aryl methyl sites for hydroxylation is 1. The summed E-state index contributed by atoms with van der Waals surface area (Å²) in [6, 6.07) is 1.53. The first-order valence-electron chi connectivity index (χ1n) is 6.26. The topological polar surface area (TPSA) is 82.7 Å². The predicted octanol–water partition coefficient (Wildman–Crippen LogP) is 1.68. The number of carboxylic acid groups (broad SMARTS) is 1. The number of hydrogen-bond donors (Lipinski definition) is 3. The Hall–Kier alpha value is -1.33. The van der Waals surface area contributed by atoms with Crippen LogP contribution in [0.2, 0.25) is 0 Å². The summed E-state index contributed by atoms with van der Waals surface area (Å²) in [4.78, 5) is 10.8. The molecule has 1 saturated carbocycles. The molecular formula is C13H19NO4. The van der Waals surface area contributed by atoms with Crippen molar-refractivity contribution in [3.63, 3.8) is 0 Å². The van der Waals surface area contributed by atoms with Crippen molar-refractivity contribution in [2.75, 3.05) is 6.54 Å². The van der Waals surface area contributed by atoms with Gasteiger partial charge in [-0.2, -0.15) is 0 Å². The predicted molar refractivity (Wildman–Crippen MR) is 65.5 cm³/mol.